The highest BCUT2D eigenvalue weighted by Crippen LogP contribution is 2.17. The van der Waals surface area contributed by atoms with Crippen molar-refractivity contribution < 1.29 is 14.3 Å². The van der Waals surface area contributed by atoms with Crippen LogP contribution < -0.4 is 10.6 Å². The first-order valence-corrected chi connectivity index (χ1v) is 10.4. The zero-order valence-corrected chi connectivity index (χ0v) is 17.7. The minimum atomic E-state index is -0.435. The van der Waals surface area contributed by atoms with Gasteiger partial charge in [-0.25, -0.2) is 0 Å². The normalized spacial score (nSPS) is 11.6. The first-order valence-electron chi connectivity index (χ1n) is 10.4. The van der Waals surface area contributed by atoms with E-state index in [0.717, 1.165) is 6.42 Å². The Morgan fingerprint density at radius 3 is 2.52 bits per heavy atom. The van der Waals surface area contributed by atoms with E-state index >= 15 is 0 Å². The molecule has 0 aliphatic carbocycles. The Hall–Kier alpha value is -3.45. The van der Waals surface area contributed by atoms with Gasteiger partial charge < -0.3 is 15.4 Å². The number of hydrogen-bond acceptors (Lipinski definition) is 4. The summed E-state index contributed by atoms with van der Waals surface area (Å²) < 4.78 is 7.21. The number of benzene rings is 2. The Morgan fingerprint density at radius 2 is 1.77 bits per heavy atom. The third-order valence-electron chi connectivity index (χ3n) is 4.79. The summed E-state index contributed by atoms with van der Waals surface area (Å²) in [6.07, 6.45) is 5.27. The number of amides is 2. The molecule has 2 N–H and O–H groups in total. The fourth-order valence-corrected chi connectivity index (χ4v) is 3.05. The number of anilines is 2. The number of carbonyl (C=O) groups is 2. The lowest BCUT2D eigenvalue weighted by Crippen LogP contribution is -2.24. The summed E-state index contributed by atoms with van der Waals surface area (Å²) in [5.41, 5.74) is 2.50. The van der Waals surface area contributed by atoms with Crippen LogP contribution in [-0.2, 0) is 20.7 Å². The zero-order valence-electron chi connectivity index (χ0n) is 17.7. The Balaban J connectivity index is 1.36. The monoisotopic (exact) mass is 420 g/mol. The fraction of sp³-hybridized carbons (Fsp3) is 0.292. The molecule has 7 heteroatoms. The van der Waals surface area contributed by atoms with Crippen LogP contribution in [0.5, 0.6) is 0 Å². The van der Waals surface area contributed by atoms with Gasteiger partial charge in [0.15, 0.2) is 0 Å². The lowest BCUT2D eigenvalue weighted by atomic mass is 10.2. The maximum Gasteiger partial charge on any atom is 0.248 e. The van der Waals surface area contributed by atoms with E-state index in [9.17, 15) is 9.59 Å². The summed E-state index contributed by atoms with van der Waals surface area (Å²) in [6, 6.07) is 18.6. The second kappa shape index (κ2) is 11.7. The molecule has 0 aliphatic heterocycles. The van der Waals surface area contributed by atoms with Crippen molar-refractivity contribution in [3.8, 4) is 0 Å². The molecule has 2 amide bonds. The summed E-state index contributed by atoms with van der Waals surface area (Å²) in [5, 5.41) is 9.80. The quantitative estimate of drug-likeness (QED) is 0.458. The van der Waals surface area contributed by atoms with E-state index < -0.39 is 6.04 Å². The molecule has 0 radical (unpaired) electrons. The van der Waals surface area contributed by atoms with E-state index in [4.69, 9.17) is 4.74 Å². The van der Waals surface area contributed by atoms with E-state index in [0.29, 0.717) is 37.4 Å². The van der Waals surface area contributed by atoms with E-state index in [-0.39, 0.29) is 11.8 Å². The van der Waals surface area contributed by atoms with E-state index in [1.54, 1.807) is 54.3 Å². The SMILES string of the molecule is C[C@@H](C(=O)Nc1cccc(NC(=O)CCCOCCc2ccccc2)c1)n1cccn1. The van der Waals surface area contributed by atoms with E-state index in [1.807, 2.05) is 18.2 Å². The Labute approximate surface area is 182 Å². The van der Waals surface area contributed by atoms with Gasteiger partial charge in [0.2, 0.25) is 11.8 Å². The van der Waals surface area contributed by atoms with Crippen LogP contribution in [-0.4, -0.2) is 34.8 Å². The van der Waals surface area contributed by atoms with Gasteiger partial charge in [0.05, 0.1) is 6.61 Å². The first-order chi connectivity index (χ1) is 15.1. The van der Waals surface area contributed by atoms with Crippen molar-refractivity contribution in [2.45, 2.75) is 32.2 Å². The third-order valence-corrected chi connectivity index (χ3v) is 4.79. The molecule has 2 aromatic carbocycles. The highest BCUT2D eigenvalue weighted by Gasteiger charge is 2.15. The van der Waals surface area contributed by atoms with Crippen molar-refractivity contribution in [3.63, 3.8) is 0 Å². The number of ether oxygens (including phenoxy) is 1. The van der Waals surface area contributed by atoms with Crippen molar-refractivity contribution in [3.05, 3.63) is 78.6 Å². The van der Waals surface area contributed by atoms with Gasteiger partial charge in [0.25, 0.3) is 0 Å². The molecular formula is C24H28N4O3. The van der Waals surface area contributed by atoms with E-state index in [2.05, 4.69) is 27.9 Å². The maximum absolute atomic E-state index is 12.4. The minimum Gasteiger partial charge on any atom is -0.381 e. The average Bonchev–Trinajstić information content (AvgIpc) is 3.31. The molecule has 31 heavy (non-hydrogen) atoms. The predicted molar refractivity (Wildman–Crippen MR) is 121 cm³/mol. The van der Waals surface area contributed by atoms with Gasteiger partial charge in [-0.1, -0.05) is 36.4 Å². The second-order valence-electron chi connectivity index (χ2n) is 7.23. The summed E-state index contributed by atoms with van der Waals surface area (Å²) in [7, 11) is 0. The van der Waals surface area contributed by atoms with Crippen LogP contribution in [0.1, 0.15) is 31.4 Å². The number of hydrogen-bond donors (Lipinski definition) is 2. The summed E-state index contributed by atoms with van der Waals surface area (Å²) in [4.78, 5) is 24.6. The minimum absolute atomic E-state index is 0.0833. The molecule has 0 saturated heterocycles. The van der Waals surface area contributed by atoms with Crippen molar-refractivity contribution in [2.24, 2.45) is 0 Å². The van der Waals surface area contributed by atoms with Gasteiger partial charge >= 0.3 is 0 Å². The molecule has 7 nitrogen and oxygen atoms in total. The molecule has 0 bridgehead atoms. The topological polar surface area (TPSA) is 85.3 Å². The Morgan fingerprint density at radius 1 is 1.00 bits per heavy atom. The number of nitrogens with zero attached hydrogens (tertiary/aromatic N) is 2. The second-order valence-corrected chi connectivity index (χ2v) is 7.23. The molecule has 0 spiro atoms. The van der Waals surface area contributed by atoms with Crippen molar-refractivity contribution >= 4 is 23.2 Å². The van der Waals surface area contributed by atoms with Crippen molar-refractivity contribution in [2.75, 3.05) is 23.8 Å². The van der Waals surface area contributed by atoms with Crippen LogP contribution in [0.2, 0.25) is 0 Å². The van der Waals surface area contributed by atoms with Crippen LogP contribution >= 0.6 is 0 Å². The predicted octanol–water partition coefficient (Wildman–Crippen LogP) is 4.06. The van der Waals surface area contributed by atoms with Crippen molar-refractivity contribution in [1.29, 1.82) is 0 Å². The van der Waals surface area contributed by atoms with Crippen LogP contribution in [0.3, 0.4) is 0 Å². The van der Waals surface area contributed by atoms with Gasteiger partial charge in [-0.3, -0.25) is 14.3 Å². The van der Waals surface area contributed by atoms with Crippen LogP contribution in [0.15, 0.2) is 73.1 Å². The first kappa shape index (κ1) is 22.2. The summed E-state index contributed by atoms with van der Waals surface area (Å²) >= 11 is 0. The average molecular weight is 421 g/mol. The van der Waals surface area contributed by atoms with Gasteiger partial charge in [0.1, 0.15) is 6.04 Å². The number of rotatable bonds is 11. The number of nitrogens with one attached hydrogen (secondary N) is 2. The molecular weight excluding hydrogens is 392 g/mol. The van der Waals surface area contributed by atoms with Crippen LogP contribution in [0, 0.1) is 0 Å². The van der Waals surface area contributed by atoms with Gasteiger partial charge in [-0.05, 0) is 49.6 Å². The largest absolute Gasteiger partial charge is 0.381 e. The van der Waals surface area contributed by atoms with Crippen molar-refractivity contribution in [1.82, 2.24) is 9.78 Å². The van der Waals surface area contributed by atoms with Crippen LogP contribution in [0.25, 0.3) is 0 Å². The molecule has 0 saturated carbocycles. The molecule has 0 unspecified atom stereocenters. The maximum atomic E-state index is 12.4. The standard InChI is InChI=1S/C24H28N4O3/c1-19(28-15-7-14-25-28)24(30)27-22-11-5-10-21(18-22)26-23(29)12-6-16-31-17-13-20-8-3-2-4-9-20/h2-5,7-11,14-15,18-19H,6,12-13,16-17H2,1H3,(H,26,29)(H,27,30)/t19-/m0/s1. The van der Waals surface area contributed by atoms with Crippen LogP contribution in [0.4, 0.5) is 11.4 Å². The highest BCUT2D eigenvalue weighted by molar-refractivity contribution is 5.95. The molecule has 162 valence electrons. The molecule has 3 aromatic rings. The third kappa shape index (κ3) is 7.38. The molecule has 1 heterocycles. The summed E-state index contributed by atoms with van der Waals surface area (Å²) in [5.74, 6) is -0.264. The molecule has 3 rings (SSSR count). The molecule has 1 atom stereocenters. The molecule has 0 aliphatic rings. The summed E-state index contributed by atoms with van der Waals surface area (Å²) in [6.45, 7) is 2.96. The molecule has 1 aromatic heterocycles. The number of carbonyl (C=O) groups excluding carboxylic acids is 2. The fourth-order valence-electron chi connectivity index (χ4n) is 3.05. The van der Waals surface area contributed by atoms with Gasteiger partial charge in [0, 0.05) is 36.8 Å². The Kier molecular flexibility index (Phi) is 8.37. The molecule has 0 fully saturated rings. The lowest BCUT2D eigenvalue weighted by Gasteiger charge is -2.13. The van der Waals surface area contributed by atoms with E-state index in [1.165, 1.54) is 5.56 Å². The smallest absolute Gasteiger partial charge is 0.248 e. The van der Waals surface area contributed by atoms with Gasteiger partial charge in [-0.2, -0.15) is 5.10 Å². The number of aromatic nitrogens is 2. The highest BCUT2D eigenvalue weighted by atomic mass is 16.5. The Bertz CT molecular complexity index is 958. The van der Waals surface area contributed by atoms with Gasteiger partial charge in [-0.15, -0.1) is 0 Å². The zero-order chi connectivity index (χ0) is 21.9. The lowest BCUT2D eigenvalue weighted by molar-refractivity contribution is -0.119.